The molecule has 2 heterocycles. The first kappa shape index (κ1) is 23.4. The summed E-state index contributed by atoms with van der Waals surface area (Å²) in [6, 6.07) is 5.26. The van der Waals surface area contributed by atoms with E-state index in [1.54, 1.807) is 0 Å². The predicted molar refractivity (Wildman–Crippen MR) is 125 cm³/mol. The van der Waals surface area contributed by atoms with Crippen LogP contribution in [0.15, 0.2) is 29.2 Å². The van der Waals surface area contributed by atoms with Crippen molar-refractivity contribution in [2.24, 2.45) is 0 Å². The fourth-order valence-corrected chi connectivity index (χ4v) is 6.83. The Morgan fingerprint density at radius 2 is 1.64 bits per heavy atom. The van der Waals surface area contributed by atoms with Crippen LogP contribution in [-0.2, 0) is 22.9 Å². The molecule has 4 amide bonds. The Kier molecular flexibility index (Phi) is 6.55. The number of hydrogen-bond donors (Lipinski definition) is 2. The number of hydrogen-bond acceptors (Lipinski definition) is 6. The Balaban J connectivity index is 1.54. The van der Waals surface area contributed by atoms with Crippen LogP contribution in [0.4, 0.5) is 9.80 Å². The number of nitrogens with one attached hydrogen (secondary N) is 2. The van der Waals surface area contributed by atoms with Gasteiger partial charge in [0, 0.05) is 37.6 Å². The van der Waals surface area contributed by atoms with E-state index < -0.39 is 27.9 Å². The topological polar surface area (TPSA) is 116 Å². The van der Waals surface area contributed by atoms with Crippen molar-refractivity contribution in [2.75, 3.05) is 32.5 Å². The third-order valence-corrected chi connectivity index (χ3v) is 8.94. The molecule has 0 radical (unpaired) electrons. The fraction of sp³-hybridized carbons (Fsp3) is 0.409. The number of rotatable bonds is 5. The number of sulfonamides is 1. The molecule has 2 aromatic rings. The van der Waals surface area contributed by atoms with Crippen LogP contribution in [0, 0.1) is 0 Å². The molecule has 176 valence electrons. The van der Waals surface area contributed by atoms with Crippen molar-refractivity contribution in [1.29, 1.82) is 0 Å². The van der Waals surface area contributed by atoms with Crippen LogP contribution in [0.25, 0.3) is 0 Å². The lowest BCUT2D eigenvalue weighted by molar-refractivity contribution is 0.0957. The van der Waals surface area contributed by atoms with E-state index in [-0.39, 0.29) is 10.5 Å². The Bertz CT molecular complexity index is 1200. The molecule has 9 nitrogen and oxygen atoms in total. The van der Waals surface area contributed by atoms with Crippen LogP contribution >= 0.6 is 11.3 Å². The summed E-state index contributed by atoms with van der Waals surface area (Å²) in [4.78, 5) is 40.1. The van der Waals surface area contributed by atoms with Gasteiger partial charge >= 0.3 is 6.03 Å². The highest BCUT2D eigenvalue weighted by Gasteiger charge is 2.30. The molecule has 1 saturated heterocycles. The highest BCUT2D eigenvalue weighted by molar-refractivity contribution is 7.89. The molecular weight excluding hydrogens is 464 g/mol. The molecule has 1 aliphatic heterocycles. The number of anilines is 1. The van der Waals surface area contributed by atoms with E-state index in [0.29, 0.717) is 30.1 Å². The molecule has 2 N–H and O–H groups in total. The van der Waals surface area contributed by atoms with Crippen LogP contribution < -0.4 is 10.6 Å². The minimum Gasteiger partial charge on any atom is -0.331 e. The number of benzene rings is 1. The molecule has 1 aromatic heterocycles. The molecule has 0 spiro atoms. The van der Waals surface area contributed by atoms with Crippen molar-refractivity contribution < 1.29 is 22.8 Å². The van der Waals surface area contributed by atoms with Gasteiger partial charge in [0.1, 0.15) is 5.00 Å². The highest BCUT2D eigenvalue weighted by Crippen LogP contribution is 2.39. The lowest BCUT2D eigenvalue weighted by Gasteiger charge is -2.15. The van der Waals surface area contributed by atoms with Gasteiger partial charge in [0.05, 0.1) is 10.5 Å². The Labute approximate surface area is 196 Å². The molecule has 0 unspecified atom stereocenters. The molecule has 0 saturated carbocycles. The number of aryl methyl sites for hydroxylation is 1. The zero-order chi connectivity index (χ0) is 23.8. The first-order chi connectivity index (χ1) is 15.7. The molecule has 1 fully saturated rings. The van der Waals surface area contributed by atoms with Crippen molar-refractivity contribution in [1.82, 2.24) is 14.5 Å². The zero-order valence-corrected chi connectivity index (χ0v) is 20.1. The average Bonchev–Trinajstić information content (AvgIpc) is 3.51. The summed E-state index contributed by atoms with van der Waals surface area (Å²) in [5.41, 5.74) is 1.47. The monoisotopic (exact) mass is 490 g/mol. The molecule has 1 aromatic carbocycles. The standard InChI is InChI=1S/C22H26N4O5S2/c1-25(2)22(29)24-20(28)18-16-6-5-7-17(16)32-21(18)23-19(27)14-8-10-15(11-9-14)33(30,31)26-12-3-4-13-26/h8-11H,3-7,12-13H2,1-2H3,(H,23,27)(H,24,28,29). The number of thiophene rings is 1. The second-order valence-corrected chi connectivity index (χ2v) is 11.3. The van der Waals surface area contributed by atoms with E-state index in [2.05, 4.69) is 10.6 Å². The molecular formula is C22H26N4O5S2. The number of fused-ring (bicyclic) bond motifs is 1. The van der Waals surface area contributed by atoms with Crippen molar-refractivity contribution in [3.05, 3.63) is 45.8 Å². The summed E-state index contributed by atoms with van der Waals surface area (Å²) in [6.07, 6.45) is 4.15. The maximum Gasteiger partial charge on any atom is 0.323 e. The quantitative estimate of drug-likeness (QED) is 0.669. The zero-order valence-electron chi connectivity index (χ0n) is 18.5. The SMILES string of the molecule is CN(C)C(=O)NC(=O)c1c(NC(=O)c2ccc(S(=O)(=O)N3CCCC3)cc2)sc2c1CCC2. The van der Waals surface area contributed by atoms with Gasteiger partial charge in [-0.05, 0) is 61.9 Å². The minimum absolute atomic E-state index is 0.151. The Hall–Kier alpha value is -2.76. The smallest absolute Gasteiger partial charge is 0.323 e. The molecule has 0 atom stereocenters. The van der Waals surface area contributed by atoms with Crippen molar-refractivity contribution in [3.8, 4) is 0 Å². The Morgan fingerprint density at radius 3 is 2.27 bits per heavy atom. The summed E-state index contributed by atoms with van der Waals surface area (Å²) in [5.74, 6) is -0.997. The second kappa shape index (κ2) is 9.24. The van der Waals surface area contributed by atoms with Crippen LogP contribution in [0.5, 0.6) is 0 Å². The normalized spacial score (nSPS) is 15.8. The number of amides is 4. The van der Waals surface area contributed by atoms with Gasteiger partial charge in [-0.2, -0.15) is 4.31 Å². The third-order valence-electron chi connectivity index (χ3n) is 5.82. The van der Waals surface area contributed by atoms with E-state index >= 15 is 0 Å². The van der Waals surface area contributed by atoms with Crippen LogP contribution in [0.2, 0.25) is 0 Å². The first-order valence-corrected chi connectivity index (χ1v) is 13.0. The summed E-state index contributed by atoms with van der Waals surface area (Å²) in [7, 11) is -0.483. The molecule has 0 bridgehead atoms. The molecule has 11 heteroatoms. The van der Waals surface area contributed by atoms with Crippen LogP contribution in [0.3, 0.4) is 0 Å². The lowest BCUT2D eigenvalue weighted by Crippen LogP contribution is -2.39. The van der Waals surface area contributed by atoms with Gasteiger partial charge in [0.2, 0.25) is 10.0 Å². The maximum atomic E-state index is 12.9. The van der Waals surface area contributed by atoms with Gasteiger partial charge in [-0.25, -0.2) is 13.2 Å². The van der Waals surface area contributed by atoms with E-state index in [1.807, 2.05) is 0 Å². The summed E-state index contributed by atoms with van der Waals surface area (Å²) >= 11 is 1.34. The minimum atomic E-state index is -3.56. The molecule has 4 rings (SSSR count). The molecule has 2 aliphatic rings. The van der Waals surface area contributed by atoms with Crippen molar-refractivity contribution in [2.45, 2.75) is 37.0 Å². The first-order valence-electron chi connectivity index (χ1n) is 10.8. The van der Waals surface area contributed by atoms with Gasteiger partial charge in [-0.3, -0.25) is 14.9 Å². The third kappa shape index (κ3) is 4.66. The maximum absolute atomic E-state index is 12.9. The average molecular weight is 491 g/mol. The number of carbonyl (C=O) groups is 3. The Morgan fingerprint density at radius 1 is 0.970 bits per heavy atom. The summed E-state index contributed by atoms with van der Waals surface area (Å²) in [5, 5.41) is 5.53. The van der Waals surface area contributed by atoms with Crippen LogP contribution in [-0.4, -0.2) is 62.7 Å². The van der Waals surface area contributed by atoms with Gasteiger partial charge in [0.15, 0.2) is 0 Å². The number of urea groups is 1. The lowest BCUT2D eigenvalue weighted by atomic mass is 10.1. The number of nitrogens with zero attached hydrogens (tertiary/aromatic N) is 2. The van der Waals surface area contributed by atoms with Gasteiger partial charge < -0.3 is 10.2 Å². The second-order valence-electron chi connectivity index (χ2n) is 8.30. The summed E-state index contributed by atoms with van der Waals surface area (Å²) < 4.78 is 26.8. The van der Waals surface area contributed by atoms with E-state index in [0.717, 1.165) is 36.1 Å². The number of carbonyl (C=O) groups excluding carboxylic acids is 3. The van der Waals surface area contributed by atoms with Crippen molar-refractivity contribution in [3.63, 3.8) is 0 Å². The summed E-state index contributed by atoms with van der Waals surface area (Å²) in [6.45, 7) is 1.02. The van der Waals surface area contributed by atoms with Gasteiger partial charge in [-0.1, -0.05) is 0 Å². The predicted octanol–water partition coefficient (Wildman–Crippen LogP) is 2.69. The van der Waals surface area contributed by atoms with E-state index in [4.69, 9.17) is 0 Å². The largest absolute Gasteiger partial charge is 0.331 e. The van der Waals surface area contributed by atoms with Crippen LogP contribution in [0.1, 0.15) is 50.4 Å². The van der Waals surface area contributed by atoms with E-state index in [9.17, 15) is 22.8 Å². The van der Waals surface area contributed by atoms with Gasteiger partial charge in [0.25, 0.3) is 11.8 Å². The van der Waals surface area contributed by atoms with Gasteiger partial charge in [-0.15, -0.1) is 11.3 Å². The van der Waals surface area contributed by atoms with Crippen molar-refractivity contribution >= 4 is 44.2 Å². The fourth-order valence-electron chi connectivity index (χ4n) is 4.04. The molecule has 1 aliphatic carbocycles. The van der Waals surface area contributed by atoms with E-state index in [1.165, 1.54) is 58.9 Å². The number of imide groups is 1. The highest BCUT2D eigenvalue weighted by atomic mass is 32.2. The molecule has 33 heavy (non-hydrogen) atoms.